The first-order chi connectivity index (χ1) is 14.9. The molecule has 162 valence electrons. The Balaban J connectivity index is 1.52. The van der Waals surface area contributed by atoms with Crippen LogP contribution in [0.25, 0.3) is 10.8 Å². The number of nitrogens with zero attached hydrogens (tertiary/aromatic N) is 1. The average molecular weight is 459 g/mol. The van der Waals surface area contributed by atoms with Crippen molar-refractivity contribution in [2.24, 2.45) is 5.92 Å². The van der Waals surface area contributed by atoms with Gasteiger partial charge < -0.3 is 10.1 Å². The summed E-state index contributed by atoms with van der Waals surface area (Å²) in [5.74, 6) is -0.202. The minimum absolute atomic E-state index is 0.0911. The van der Waals surface area contributed by atoms with Crippen LogP contribution in [-0.2, 0) is 14.8 Å². The number of carbonyl (C=O) groups is 1. The maximum Gasteiger partial charge on any atom is 0.243 e. The summed E-state index contributed by atoms with van der Waals surface area (Å²) in [5, 5.41) is 5.20. The van der Waals surface area contributed by atoms with Crippen LogP contribution >= 0.6 is 11.6 Å². The van der Waals surface area contributed by atoms with E-state index in [1.165, 1.54) is 29.6 Å². The van der Waals surface area contributed by atoms with Crippen molar-refractivity contribution >= 4 is 44.0 Å². The van der Waals surface area contributed by atoms with Crippen molar-refractivity contribution < 1.29 is 17.9 Å². The van der Waals surface area contributed by atoms with Gasteiger partial charge in [0.05, 0.1) is 22.9 Å². The van der Waals surface area contributed by atoms with Crippen molar-refractivity contribution in [3.8, 4) is 5.75 Å². The molecule has 1 aliphatic rings. The number of sulfonamides is 1. The summed E-state index contributed by atoms with van der Waals surface area (Å²) < 4.78 is 32.7. The number of hydrogen-bond acceptors (Lipinski definition) is 4. The molecule has 31 heavy (non-hydrogen) atoms. The first kappa shape index (κ1) is 21.6. The van der Waals surface area contributed by atoms with Crippen molar-refractivity contribution in [3.63, 3.8) is 0 Å². The number of rotatable bonds is 5. The second-order valence-corrected chi connectivity index (χ2v) is 9.86. The number of amides is 1. The van der Waals surface area contributed by atoms with Crippen LogP contribution in [0.5, 0.6) is 5.75 Å². The van der Waals surface area contributed by atoms with Gasteiger partial charge in [0.1, 0.15) is 5.75 Å². The maximum atomic E-state index is 13.1. The fourth-order valence-corrected chi connectivity index (χ4v) is 5.77. The van der Waals surface area contributed by atoms with Gasteiger partial charge in [0.15, 0.2) is 0 Å². The van der Waals surface area contributed by atoms with Crippen LogP contribution in [0.3, 0.4) is 0 Å². The van der Waals surface area contributed by atoms with Gasteiger partial charge in [-0.25, -0.2) is 8.42 Å². The Hall–Kier alpha value is -2.61. The summed E-state index contributed by atoms with van der Waals surface area (Å²) in [6.07, 6.45) is 1.24. The monoisotopic (exact) mass is 458 g/mol. The van der Waals surface area contributed by atoms with E-state index in [0.29, 0.717) is 25.1 Å². The van der Waals surface area contributed by atoms with Gasteiger partial charge in [-0.1, -0.05) is 48.0 Å². The highest BCUT2D eigenvalue weighted by Crippen LogP contribution is 2.31. The van der Waals surface area contributed by atoms with Crippen molar-refractivity contribution in [1.82, 2.24) is 4.31 Å². The standard InChI is InChI=1S/C23H23ClN2O4S/c1-30-22-12-11-18(14-20(22)24)31(28,29)26-13-5-8-17(15-26)23(27)25-21-10-4-7-16-6-2-3-9-19(16)21/h2-4,6-7,9-12,14,17H,5,8,13,15H2,1H3,(H,25,27)/t17-/m1/s1. The number of hydrogen-bond donors (Lipinski definition) is 1. The Morgan fingerprint density at radius 3 is 2.68 bits per heavy atom. The van der Waals surface area contributed by atoms with Gasteiger partial charge in [0, 0.05) is 24.2 Å². The summed E-state index contributed by atoms with van der Waals surface area (Å²) in [7, 11) is -2.30. The normalized spacial score (nSPS) is 17.4. The molecule has 8 heteroatoms. The Morgan fingerprint density at radius 1 is 1.13 bits per heavy atom. The molecular weight excluding hydrogens is 436 g/mol. The molecule has 4 rings (SSSR count). The predicted octanol–water partition coefficient (Wildman–Crippen LogP) is 4.54. The lowest BCUT2D eigenvalue weighted by Crippen LogP contribution is -2.43. The highest BCUT2D eigenvalue weighted by molar-refractivity contribution is 7.89. The Bertz CT molecular complexity index is 1220. The molecule has 1 N–H and O–H groups in total. The molecule has 0 aliphatic carbocycles. The topological polar surface area (TPSA) is 75.7 Å². The summed E-state index contributed by atoms with van der Waals surface area (Å²) in [6.45, 7) is 0.493. The quantitative estimate of drug-likeness (QED) is 0.609. The van der Waals surface area contributed by atoms with Crippen LogP contribution in [0, 0.1) is 5.92 Å². The number of anilines is 1. The van der Waals surface area contributed by atoms with E-state index in [-0.39, 0.29) is 22.4 Å². The number of carbonyl (C=O) groups excluding carboxylic acids is 1. The van der Waals surface area contributed by atoms with Crippen molar-refractivity contribution in [2.75, 3.05) is 25.5 Å². The highest BCUT2D eigenvalue weighted by Gasteiger charge is 2.33. The van der Waals surface area contributed by atoms with Crippen LogP contribution in [0.1, 0.15) is 12.8 Å². The van der Waals surface area contributed by atoms with E-state index >= 15 is 0 Å². The third kappa shape index (κ3) is 4.39. The van der Waals surface area contributed by atoms with Crippen molar-refractivity contribution in [1.29, 1.82) is 0 Å². The highest BCUT2D eigenvalue weighted by atomic mass is 35.5. The Labute approximate surface area is 186 Å². The van der Waals surface area contributed by atoms with Gasteiger partial charge in [0.2, 0.25) is 15.9 Å². The molecule has 1 aliphatic heterocycles. The van der Waals surface area contributed by atoms with E-state index in [2.05, 4.69) is 5.32 Å². The summed E-state index contributed by atoms with van der Waals surface area (Å²) >= 11 is 6.12. The van der Waals surface area contributed by atoms with E-state index in [4.69, 9.17) is 16.3 Å². The largest absolute Gasteiger partial charge is 0.495 e. The lowest BCUT2D eigenvalue weighted by Gasteiger charge is -2.31. The molecular formula is C23H23ClN2O4S. The lowest BCUT2D eigenvalue weighted by molar-refractivity contribution is -0.120. The van der Waals surface area contributed by atoms with Crippen LogP contribution in [0.4, 0.5) is 5.69 Å². The third-order valence-corrected chi connectivity index (χ3v) is 7.72. The zero-order chi connectivity index (χ0) is 22.0. The number of halogens is 1. The van der Waals surface area contributed by atoms with Crippen LogP contribution in [0.15, 0.2) is 65.6 Å². The minimum Gasteiger partial charge on any atom is -0.495 e. The zero-order valence-electron chi connectivity index (χ0n) is 17.0. The van der Waals surface area contributed by atoms with E-state index in [9.17, 15) is 13.2 Å². The second-order valence-electron chi connectivity index (χ2n) is 7.51. The molecule has 0 bridgehead atoms. The smallest absolute Gasteiger partial charge is 0.243 e. The van der Waals surface area contributed by atoms with Gasteiger partial charge in [0.25, 0.3) is 0 Å². The fourth-order valence-electron chi connectivity index (χ4n) is 3.90. The maximum absolute atomic E-state index is 13.1. The molecule has 1 fully saturated rings. The second kappa shape index (κ2) is 8.86. The van der Waals surface area contributed by atoms with Gasteiger partial charge >= 0.3 is 0 Å². The van der Waals surface area contributed by atoms with E-state index in [0.717, 1.165) is 16.5 Å². The first-order valence-corrected chi connectivity index (χ1v) is 11.8. The molecule has 1 atom stereocenters. The van der Waals surface area contributed by atoms with Crippen molar-refractivity contribution in [2.45, 2.75) is 17.7 Å². The van der Waals surface area contributed by atoms with E-state index in [1.54, 1.807) is 0 Å². The molecule has 6 nitrogen and oxygen atoms in total. The number of benzene rings is 3. The number of methoxy groups -OCH3 is 1. The molecule has 1 heterocycles. The SMILES string of the molecule is COc1ccc(S(=O)(=O)N2CCC[C@@H](C(=O)Nc3cccc4ccccc34)C2)cc1Cl. The average Bonchev–Trinajstić information content (AvgIpc) is 2.79. The molecule has 0 spiro atoms. The Kier molecular flexibility index (Phi) is 6.18. The molecule has 1 saturated heterocycles. The number of nitrogens with one attached hydrogen (secondary N) is 1. The summed E-state index contributed by atoms with van der Waals surface area (Å²) in [4.78, 5) is 13.1. The first-order valence-electron chi connectivity index (χ1n) is 10.0. The fraction of sp³-hybridized carbons (Fsp3) is 0.261. The van der Waals surface area contributed by atoms with Gasteiger partial charge in [-0.2, -0.15) is 4.31 Å². The molecule has 0 unspecified atom stereocenters. The van der Waals surface area contributed by atoms with E-state index < -0.39 is 15.9 Å². The molecule has 3 aromatic carbocycles. The van der Waals surface area contributed by atoms with Crippen LogP contribution < -0.4 is 10.1 Å². The van der Waals surface area contributed by atoms with Gasteiger partial charge in [-0.05, 0) is 42.5 Å². The van der Waals surface area contributed by atoms with Crippen LogP contribution in [-0.4, -0.2) is 38.8 Å². The van der Waals surface area contributed by atoms with Crippen molar-refractivity contribution in [3.05, 3.63) is 65.7 Å². The summed E-state index contributed by atoms with van der Waals surface area (Å²) in [5.41, 5.74) is 0.727. The van der Waals surface area contributed by atoms with E-state index in [1.807, 2.05) is 42.5 Å². The number of piperidine rings is 1. The molecule has 0 saturated carbocycles. The Morgan fingerprint density at radius 2 is 1.90 bits per heavy atom. The van der Waals surface area contributed by atoms with Gasteiger partial charge in [-0.3, -0.25) is 4.79 Å². The predicted molar refractivity (Wildman–Crippen MR) is 122 cm³/mol. The number of fused-ring (bicyclic) bond motifs is 1. The van der Waals surface area contributed by atoms with Crippen LogP contribution in [0.2, 0.25) is 5.02 Å². The molecule has 3 aromatic rings. The zero-order valence-corrected chi connectivity index (χ0v) is 18.6. The molecule has 0 radical (unpaired) electrons. The summed E-state index contributed by atoms with van der Waals surface area (Å²) in [6, 6.07) is 17.9. The third-order valence-electron chi connectivity index (χ3n) is 5.56. The number of ether oxygens (including phenoxy) is 1. The molecule has 1 amide bonds. The minimum atomic E-state index is -3.77. The lowest BCUT2D eigenvalue weighted by atomic mass is 9.98. The van der Waals surface area contributed by atoms with Gasteiger partial charge in [-0.15, -0.1) is 0 Å². The molecule has 0 aromatic heterocycles.